The summed E-state index contributed by atoms with van der Waals surface area (Å²) in [6, 6.07) is 9.69. The minimum atomic E-state index is -0.521. The average molecular weight is 416 g/mol. The minimum absolute atomic E-state index is 0.0381. The molecule has 3 heterocycles. The second kappa shape index (κ2) is 8.50. The molecule has 0 aliphatic carbocycles. The molecule has 1 saturated heterocycles. The first kappa shape index (κ1) is 20.5. The lowest BCUT2D eigenvalue weighted by Crippen LogP contribution is -2.34. The third-order valence-corrected chi connectivity index (χ3v) is 5.77. The number of hydrogen-bond donors (Lipinski definition) is 4. The number of fused-ring (bicyclic) bond motifs is 1. The molecule has 6 N–H and O–H groups in total. The summed E-state index contributed by atoms with van der Waals surface area (Å²) >= 11 is 0. The van der Waals surface area contributed by atoms with Crippen LogP contribution in [0.4, 0.5) is 17.3 Å². The topological polar surface area (TPSA) is 152 Å². The number of aromatic nitrogens is 1. The van der Waals surface area contributed by atoms with E-state index in [1.54, 1.807) is 0 Å². The van der Waals surface area contributed by atoms with Crippen molar-refractivity contribution >= 4 is 23.3 Å². The van der Waals surface area contributed by atoms with Gasteiger partial charge in [0.15, 0.2) is 6.19 Å². The highest BCUT2D eigenvalue weighted by atomic mass is 15.2. The van der Waals surface area contributed by atoms with Gasteiger partial charge in [-0.15, -0.1) is 0 Å². The van der Waals surface area contributed by atoms with Gasteiger partial charge in [0.25, 0.3) is 0 Å². The van der Waals surface area contributed by atoms with Crippen LogP contribution in [0.25, 0.3) is 0 Å². The fraction of sp³-hybridized carbons (Fsp3) is 0.364. The second-order valence-corrected chi connectivity index (χ2v) is 8.13. The largest absolute Gasteiger partial charge is 0.397 e. The van der Waals surface area contributed by atoms with Crippen LogP contribution in [0, 0.1) is 28.7 Å². The molecule has 2 unspecified atom stereocenters. The van der Waals surface area contributed by atoms with Crippen molar-refractivity contribution in [3.05, 3.63) is 46.5 Å². The number of benzene rings is 1. The summed E-state index contributed by atoms with van der Waals surface area (Å²) in [5, 5.41) is 24.0. The normalized spacial score (nSPS) is 20.5. The SMILES string of the molecule is CC1CCCN(Cc2cccc(C3N=C(NC#N)Nc4nc(N)c(C#N)c(N)c43)c2)C1. The van der Waals surface area contributed by atoms with E-state index in [4.69, 9.17) is 16.7 Å². The highest BCUT2D eigenvalue weighted by Gasteiger charge is 2.30. The Morgan fingerprint density at radius 3 is 2.90 bits per heavy atom. The molecule has 9 heteroatoms. The molecule has 1 fully saturated rings. The number of aliphatic imine (C=N–C) groups is 1. The molecule has 2 atom stereocenters. The number of nitriles is 2. The van der Waals surface area contributed by atoms with Crippen molar-refractivity contribution < 1.29 is 0 Å². The van der Waals surface area contributed by atoms with Crippen molar-refractivity contribution in [2.75, 3.05) is 29.9 Å². The van der Waals surface area contributed by atoms with Gasteiger partial charge >= 0.3 is 0 Å². The van der Waals surface area contributed by atoms with E-state index < -0.39 is 6.04 Å². The first-order chi connectivity index (χ1) is 15.0. The number of hydrogen-bond acceptors (Lipinski definition) is 9. The summed E-state index contributed by atoms with van der Waals surface area (Å²) in [5.41, 5.74) is 15.3. The number of anilines is 3. The first-order valence-corrected chi connectivity index (χ1v) is 10.3. The number of nitrogens with one attached hydrogen (secondary N) is 2. The van der Waals surface area contributed by atoms with E-state index in [-0.39, 0.29) is 23.0 Å². The molecule has 0 bridgehead atoms. The van der Waals surface area contributed by atoms with Crippen LogP contribution < -0.4 is 22.1 Å². The average Bonchev–Trinajstić information content (AvgIpc) is 2.74. The molecule has 0 amide bonds. The predicted molar refractivity (Wildman–Crippen MR) is 120 cm³/mol. The molecular formula is C22H25N9. The van der Waals surface area contributed by atoms with Gasteiger partial charge in [0, 0.05) is 18.7 Å². The number of nitrogen functional groups attached to an aromatic ring is 2. The zero-order valence-electron chi connectivity index (χ0n) is 17.4. The summed E-state index contributed by atoms with van der Waals surface area (Å²) in [6.45, 7) is 5.35. The van der Waals surface area contributed by atoms with Crippen LogP contribution >= 0.6 is 0 Å². The van der Waals surface area contributed by atoms with Crippen LogP contribution in [0.3, 0.4) is 0 Å². The molecule has 2 aromatic rings. The van der Waals surface area contributed by atoms with E-state index in [1.807, 2.05) is 24.4 Å². The maximum absolute atomic E-state index is 9.47. The predicted octanol–water partition coefficient (Wildman–Crippen LogP) is 2.29. The molecule has 0 spiro atoms. The molecular weight excluding hydrogens is 390 g/mol. The van der Waals surface area contributed by atoms with Gasteiger partial charge in [0.05, 0.1) is 5.69 Å². The van der Waals surface area contributed by atoms with Gasteiger partial charge in [-0.25, -0.2) is 9.98 Å². The molecule has 1 aromatic heterocycles. The molecule has 0 saturated carbocycles. The van der Waals surface area contributed by atoms with Crippen molar-refractivity contribution in [2.45, 2.75) is 32.4 Å². The lowest BCUT2D eigenvalue weighted by molar-refractivity contribution is 0.176. The first-order valence-electron chi connectivity index (χ1n) is 10.3. The van der Waals surface area contributed by atoms with Gasteiger partial charge < -0.3 is 16.8 Å². The fourth-order valence-corrected chi connectivity index (χ4v) is 4.37. The van der Waals surface area contributed by atoms with E-state index >= 15 is 0 Å². The Morgan fingerprint density at radius 2 is 2.16 bits per heavy atom. The maximum Gasteiger partial charge on any atom is 0.211 e. The standard InChI is InChI=1S/C22H25N9/c1-13-4-3-7-31(10-13)11-14-5-2-6-15(8-14)19-17-18(25)16(9-23)20(26)29-21(17)30-22(28-19)27-12-24/h2,5-6,8,13,19H,3-4,7,10-11H2,1H3,(H6,25,26,27,28,29,30). The lowest BCUT2D eigenvalue weighted by Gasteiger charge is -2.31. The summed E-state index contributed by atoms with van der Waals surface area (Å²) in [5.74, 6) is 1.39. The van der Waals surface area contributed by atoms with Crippen LogP contribution in [0.5, 0.6) is 0 Å². The maximum atomic E-state index is 9.47. The third-order valence-electron chi connectivity index (χ3n) is 5.77. The number of rotatable bonds is 3. The van der Waals surface area contributed by atoms with Gasteiger partial charge in [-0.2, -0.15) is 10.5 Å². The Hall–Kier alpha value is -3.82. The van der Waals surface area contributed by atoms with Gasteiger partial charge in [0.2, 0.25) is 5.96 Å². The fourth-order valence-electron chi connectivity index (χ4n) is 4.37. The number of pyridine rings is 1. The molecule has 0 radical (unpaired) electrons. The number of nitrogens with zero attached hydrogens (tertiary/aromatic N) is 5. The monoisotopic (exact) mass is 415 g/mol. The summed E-state index contributed by atoms with van der Waals surface area (Å²) in [6.07, 6.45) is 4.37. The molecule has 1 aromatic carbocycles. The number of guanidine groups is 1. The van der Waals surface area contributed by atoms with Crippen molar-refractivity contribution in [3.8, 4) is 12.3 Å². The molecule has 158 valence electrons. The van der Waals surface area contributed by atoms with E-state index in [0.717, 1.165) is 25.2 Å². The zero-order valence-corrected chi connectivity index (χ0v) is 17.4. The van der Waals surface area contributed by atoms with Crippen molar-refractivity contribution in [1.29, 1.82) is 10.5 Å². The Morgan fingerprint density at radius 1 is 1.32 bits per heavy atom. The summed E-state index contributed by atoms with van der Waals surface area (Å²) in [7, 11) is 0. The third kappa shape index (κ3) is 4.09. The van der Waals surface area contributed by atoms with Crippen LogP contribution in [-0.4, -0.2) is 28.9 Å². The van der Waals surface area contributed by atoms with Gasteiger partial charge in [-0.05, 0) is 36.4 Å². The quantitative estimate of drug-likeness (QED) is 0.440. The van der Waals surface area contributed by atoms with Gasteiger partial charge in [0.1, 0.15) is 29.3 Å². The van der Waals surface area contributed by atoms with Gasteiger partial charge in [-0.3, -0.25) is 10.2 Å². The lowest BCUT2D eigenvalue weighted by atomic mass is 9.93. The smallest absolute Gasteiger partial charge is 0.211 e. The van der Waals surface area contributed by atoms with Crippen molar-refractivity contribution in [1.82, 2.24) is 15.2 Å². The number of nitrogens with two attached hydrogens (primary N) is 2. The van der Waals surface area contributed by atoms with Gasteiger partial charge in [-0.1, -0.05) is 31.2 Å². The number of piperidine rings is 1. The number of likely N-dealkylation sites (tertiary alicyclic amines) is 1. The molecule has 9 nitrogen and oxygen atoms in total. The van der Waals surface area contributed by atoms with E-state index in [9.17, 15) is 5.26 Å². The van der Waals surface area contributed by atoms with Crippen LogP contribution in [0.15, 0.2) is 29.3 Å². The van der Waals surface area contributed by atoms with Crippen molar-refractivity contribution in [2.24, 2.45) is 10.9 Å². The second-order valence-electron chi connectivity index (χ2n) is 8.13. The van der Waals surface area contributed by atoms with Crippen molar-refractivity contribution in [3.63, 3.8) is 0 Å². The van der Waals surface area contributed by atoms with Crippen LogP contribution in [0.2, 0.25) is 0 Å². The Bertz CT molecular complexity index is 1110. The summed E-state index contributed by atoms with van der Waals surface area (Å²) in [4.78, 5) is 11.4. The van der Waals surface area contributed by atoms with E-state index in [0.29, 0.717) is 17.3 Å². The van der Waals surface area contributed by atoms with Crippen LogP contribution in [0.1, 0.15) is 48.1 Å². The summed E-state index contributed by atoms with van der Waals surface area (Å²) < 4.78 is 0. The Kier molecular flexibility index (Phi) is 5.61. The molecule has 2 aliphatic rings. The minimum Gasteiger partial charge on any atom is -0.397 e. The Labute approximate surface area is 181 Å². The molecule has 31 heavy (non-hydrogen) atoms. The van der Waals surface area contributed by atoms with Crippen LogP contribution in [-0.2, 0) is 6.54 Å². The highest BCUT2D eigenvalue weighted by molar-refractivity contribution is 5.98. The van der Waals surface area contributed by atoms with E-state index in [1.165, 1.54) is 18.4 Å². The molecule has 2 aliphatic heterocycles. The zero-order chi connectivity index (χ0) is 22.0. The molecule has 4 rings (SSSR count). The van der Waals surface area contributed by atoms with E-state index in [2.05, 4.69) is 44.6 Å². The Balaban J connectivity index is 1.73. The highest BCUT2D eigenvalue weighted by Crippen LogP contribution is 2.40.